The van der Waals surface area contributed by atoms with Crippen LogP contribution in [0, 0.1) is 5.92 Å². The van der Waals surface area contributed by atoms with Gasteiger partial charge in [0.2, 0.25) is 5.95 Å². The molecule has 150 valence electrons. The highest BCUT2D eigenvalue weighted by molar-refractivity contribution is 7.91. The van der Waals surface area contributed by atoms with Gasteiger partial charge in [-0.3, -0.25) is 4.99 Å². The van der Waals surface area contributed by atoms with E-state index in [4.69, 9.17) is 0 Å². The third-order valence-corrected chi connectivity index (χ3v) is 6.69. The van der Waals surface area contributed by atoms with E-state index < -0.39 is 9.84 Å². The molecule has 2 aliphatic rings. The van der Waals surface area contributed by atoms with Gasteiger partial charge >= 0.3 is 0 Å². The van der Waals surface area contributed by atoms with Crippen molar-refractivity contribution < 1.29 is 8.42 Å². The van der Waals surface area contributed by atoms with Gasteiger partial charge in [-0.2, -0.15) is 0 Å². The zero-order valence-corrected chi connectivity index (χ0v) is 17.0. The summed E-state index contributed by atoms with van der Waals surface area (Å²) in [6, 6.07) is 2.32. The molecule has 2 fully saturated rings. The Morgan fingerprint density at radius 2 is 2.11 bits per heavy atom. The Bertz CT molecular complexity index is 737. The fourth-order valence-electron chi connectivity index (χ4n) is 3.57. The third-order valence-electron chi connectivity index (χ3n) is 4.86. The summed E-state index contributed by atoms with van der Waals surface area (Å²) in [5, 5.41) is 6.89. The van der Waals surface area contributed by atoms with E-state index in [9.17, 15) is 8.42 Å². The van der Waals surface area contributed by atoms with Gasteiger partial charge in [-0.05, 0) is 45.1 Å². The molecule has 2 atom stereocenters. The van der Waals surface area contributed by atoms with Crippen molar-refractivity contribution in [2.75, 3.05) is 36.0 Å². The summed E-state index contributed by atoms with van der Waals surface area (Å²) in [5.41, 5.74) is 0. The first kappa shape index (κ1) is 19.9. The fourth-order valence-corrected chi connectivity index (χ4v) is 5.42. The Balaban J connectivity index is 1.60. The summed E-state index contributed by atoms with van der Waals surface area (Å²) in [5.74, 6) is 2.20. The zero-order chi connectivity index (χ0) is 19.3. The van der Waals surface area contributed by atoms with Gasteiger partial charge in [0.15, 0.2) is 15.8 Å². The predicted molar refractivity (Wildman–Crippen MR) is 108 cm³/mol. The van der Waals surface area contributed by atoms with Crippen molar-refractivity contribution >= 4 is 21.7 Å². The maximum Gasteiger partial charge on any atom is 0.225 e. The van der Waals surface area contributed by atoms with E-state index >= 15 is 0 Å². The highest BCUT2D eigenvalue weighted by atomic mass is 32.2. The van der Waals surface area contributed by atoms with Gasteiger partial charge in [0, 0.05) is 44.1 Å². The van der Waals surface area contributed by atoms with Crippen LogP contribution in [0.3, 0.4) is 0 Å². The van der Waals surface area contributed by atoms with Crippen molar-refractivity contribution in [1.82, 2.24) is 20.6 Å². The largest absolute Gasteiger partial charge is 0.354 e. The molecule has 2 unspecified atom stereocenters. The minimum atomic E-state index is -2.86. The standard InChI is InChI=1S/C18H30N6O2S/c1-14(2)22-17(21-11-15-6-10-27(25,26)13-15)23-16-5-3-9-24(12-16)18-19-7-4-8-20-18/h4,7-8,14-16H,3,5-6,9-13H2,1-2H3,(H2,21,22,23). The van der Waals surface area contributed by atoms with Gasteiger partial charge in [0.25, 0.3) is 0 Å². The van der Waals surface area contributed by atoms with Crippen molar-refractivity contribution in [1.29, 1.82) is 0 Å². The highest BCUT2D eigenvalue weighted by Gasteiger charge is 2.28. The molecule has 1 aromatic heterocycles. The molecule has 8 nitrogen and oxygen atoms in total. The number of anilines is 1. The van der Waals surface area contributed by atoms with E-state index in [1.165, 1.54) is 0 Å². The van der Waals surface area contributed by atoms with Crippen LogP contribution >= 0.6 is 0 Å². The molecular formula is C18H30N6O2S. The topological polar surface area (TPSA) is 99.6 Å². The first-order valence-electron chi connectivity index (χ1n) is 9.71. The van der Waals surface area contributed by atoms with E-state index in [-0.39, 0.29) is 23.8 Å². The molecule has 3 heterocycles. The molecule has 0 bridgehead atoms. The lowest BCUT2D eigenvalue weighted by molar-refractivity contribution is 0.460. The number of sulfone groups is 1. The Morgan fingerprint density at radius 3 is 2.78 bits per heavy atom. The first-order valence-corrected chi connectivity index (χ1v) is 11.5. The Kier molecular flexibility index (Phi) is 6.51. The van der Waals surface area contributed by atoms with Gasteiger partial charge in [-0.15, -0.1) is 0 Å². The van der Waals surface area contributed by atoms with Crippen LogP contribution in [0.25, 0.3) is 0 Å². The van der Waals surface area contributed by atoms with E-state index in [1.54, 1.807) is 12.4 Å². The number of piperidine rings is 1. The molecule has 27 heavy (non-hydrogen) atoms. The number of nitrogens with zero attached hydrogens (tertiary/aromatic N) is 4. The molecule has 0 spiro atoms. The molecular weight excluding hydrogens is 364 g/mol. The average Bonchev–Trinajstić information content (AvgIpc) is 2.99. The van der Waals surface area contributed by atoms with Crippen molar-refractivity contribution in [2.45, 2.75) is 45.2 Å². The quantitative estimate of drug-likeness (QED) is 0.563. The van der Waals surface area contributed by atoms with E-state index in [0.717, 1.165) is 37.8 Å². The van der Waals surface area contributed by atoms with Crippen molar-refractivity contribution in [3.05, 3.63) is 18.5 Å². The van der Waals surface area contributed by atoms with Crippen LogP contribution in [0.1, 0.15) is 33.1 Å². The minimum Gasteiger partial charge on any atom is -0.354 e. The number of aromatic nitrogens is 2. The second kappa shape index (κ2) is 8.86. The molecule has 0 aromatic carbocycles. The lowest BCUT2D eigenvalue weighted by atomic mass is 10.1. The lowest BCUT2D eigenvalue weighted by Gasteiger charge is -2.34. The van der Waals surface area contributed by atoms with Crippen LogP contribution in [-0.4, -0.2) is 67.6 Å². The average molecular weight is 395 g/mol. The van der Waals surface area contributed by atoms with E-state index in [2.05, 4.69) is 44.3 Å². The Morgan fingerprint density at radius 1 is 1.33 bits per heavy atom. The SMILES string of the molecule is CC(C)NC(=NCC1CCS(=O)(=O)C1)NC1CCCN(c2ncccn2)C1. The van der Waals surface area contributed by atoms with Crippen LogP contribution in [0.4, 0.5) is 5.95 Å². The number of rotatable bonds is 5. The van der Waals surface area contributed by atoms with E-state index in [0.29, 0.717) is 18.7 Å². The number of nitrogens with one attached hydrogen (secondary N) is 2. The molecule has 0 saturated carbocycles. The third kappa shape index (κ3) is 6.05. The summed E-state index contributed by atoms with van der Waals surface area (Å²) in [6.45, 7) is 6.46. The van der Waals surface area contributed by atoms with Crippen LogP contribution < -0.4 is 15.5 Å². The molecule has 1 aromatic rings. The molecule has 2 N–H and O–H groups in total. The van der Waals surface area contributed by atoms with Crippen molar-refractivity contribution in [3.8, 4) is 0 Å². The summed E-state index contributed by atoms with van der Waals surface area (Å²) in [4.78, 5) is 15.6. The number of aliphatic imine (C=N–C) groups is 1. The van der Waals surface area contributed by atoms with Crippen molar-refractivity contribution in [2.24, 2.45) is 10.9 Å². The maximum absolute atomic E-state index is 11.7. The summed E-state index contributed by atoms with van der Waals surface area (Å²) in [7, 11) is -2.86. The zero-order valence-electron chi connectivity index (χ0n) is 16.1. The summed E-state index contributed by atoms with van der Waals surface area (Å²) in [6.07, 6.45) is 6.36. The molecule has 2 saturated heterocycles. The second-order valence-electron chi connectivity index (χ2n) is 7.74. The normalized spacial score (nSPS) is 25.6. The fraction of sp³-hybridized carbons (Fsp3) is 0.722. The number of hydrogen-bond donors (Lipinski definition) is 2. The van der Waals surface area contributed by atoms with Gasteiger partial charge in [0.1, 0.15) is 0 Å². The minimum absolute atomic E-state index is 0.126. The Labute approximate surface area is 161 Å². The van der Waals surface area contributed by atoms with Gasteiger partial charge < -0.3 is 15.5 Å². The predicted octanol–water partition coefficient (Wildman–Crippen LogP) is 0.824. The molecule has 0 amide bonds. The Hall–Kier alpha value is -1.90. The maximum atomic E-state index is 11.7. The van der Waals surface area contributed by atoms with Crippen molar-refractivity contribution in [3.63, 3.8) is 0 Å². The molecule has 9 heteroatoms. The number of guanidine groups is 1. The van der Waals surface area contributed by atoms with Gasteiger partial charge in [0.05, 0.1) is 11.5 Å². The summed E-state index contributed by atoms with van der Waals surface area (Å²) >= 11 is 0. The monoisotopic (exact) mass is 394 g/mol. The smallest absolute Gasteiger partial charge is 0.225 e. The van der Waals surface area contributed by atoms with E-state index in [1.807, 2.05) is 6.07 Å². The lowest BCUT2D eigenvalue weighted by Crippen LogP contribution is -2.52. The van der Waals surface area contributed by atoms with Gasteiger partial charge in [-0.25, -0.2) is 18.4 Å². The van der Waals surface area contributed by atoms with Crippen LogP contribution in [0.5, 0.6) is 0 Å². The molecule has 0 aliphatic carbocycles. The molecule has 0 radical (unpaired) electrons. The second-order valence-corrected chi connectivity index (χ2v) is 9.96. The molecule has 2 aliphatic heterocycles. The van der Waals surface area contributed by atoms with Crippen LogP contribution in [0.2, 0.25) is 0 Å². The van der Waals surface area contributed by atoms with Gasteiger partial charge in [-0.1, -0.05) is 0 Å². The first-order chi connectivity index (χ1) is 12.9. The highest BCUT2D eigenvalue weighted by Crippen LogP contribution is 2.19. The molecule has 3 rings (SSSR count). The van der Waals surface area contributed by atoms with Crippen LogP contribution in [-0.2, 0) is 9.84 Å². The summed E-state index contributed by atoms with van der Waals surface area (Å²) < 4.78 is 23.3. The number of hydrogen-bond acceptors (Lipinski definition) is 6. The van der Waals surface area contributed by atoms with Crippen LogP contribution in [0.15, 0.2) is 23.5 Å².